The van der Waals surface area contributed by atoms with E-state index in [2.05, 4.69) is 35.3 Å². The fourth-order valence-corrected chi connectivity index (χ4v) is 2.78. The second-order valence-corrected chi connectivity index (χ2v) is 5.75. The highest BCUT2D eigenvalue weighted by atomic mass is 35.5. The zero-order valence-electron chi connectivity index (χ0n) is 11.9. The third-order valence-electron chi connectivity index (χ3n) is 3.49. The number of hydrogen-bond acceptors (Lipinski definition) is 1. The largest absolute Gasteiger partial charge is 0.350 e. The van der Waals surface area contributed by atoms with E-state index in [1.807, 2.05) is 25.2 Å². The van der Waals surface area contributed by atoms with Gasteiger partial charge in [-0.25, -0.2) is 0 Å². The van der Waals surface area contributed by atoms with Crippen molar-refractivity contribution < 1.29 is 0 Å². The molecule has 0 saturated heterocycles. The number of rotatable bonds is 6. The number of aromatic nitrogens is 1. The van der Waals surface area contributed by atoms with Crippen LogP contribution in [0.1, 0.15) is 36.9 Å². The van der Waals surface area contributed by atoms with Gasteiger partial charge in [0.2, 0.25) is 0 Å². The third kappa shape index (κ3) is 3.57. The van der Waals surface area contributed by atoms with Crippen molar-refractivity contribution in [1.29, 1.82) is 0 Å². The topological polar surface area (TPSA) is 17.0 Å². The van der Waals surface area contributed by atoms with E-state index in [9.17, 15) is 0 Å². The van der Waals surface area contributed by atoms with Gasteiger partial charge in [0.15, 0.2) is 0 Å². The standard InChI is InChI=1S/C16H20Cl2N2/c1-3-5-15(19-2)12-8-9-20(10-12)11-13-6-4-7-14(17)16(13)18/h4,6-10,15,19H,3,5,11H2,1-2H3. The lowest BCUT2D eigenvalue weighted by atomic mass is 10.1. The molecule has 0 saturated carbocycles. The summed E-state index contributed by atoms with van der Waals surface area (Å²) in [5.41, 5.74) is 2.35. The van der Waals surface area contributed by atoms with Crippen molar-refractivity contribution >= 4 is 23.2 Å². The Kier molecular flexibility index (Phi) is 5.53. The lowest BCUT2D eigenvalue weighted by Gasteiger charge is -2.13. The average Bonchev–Trinajstić information content (AvgIpc) is 2.89. The molecule has 1 heterocycles. The molecule has 2 nitrogen and oxygen atoms in total. The third-order valence-corrected chi connectivity index (χ3v) is 4.34. The molecule has 108 valence electrons. The smallest absolute Gasteiger partial charge is 0.0642 e. The van der Waals surface area contributed by atoms with E-state index in [0.717, 1.165) is 24.9 Å². The van der Waals surface area contributed by atoms with E-state index in [1.54, 1.807) is 0 Å². The van der Waals surface area contributed by atoms with E-state index in [1.165, 1.54) is 5.56 Å². The number of benzene rings is 1. The summed E-state index contributed by atoms with van der Waals surface area (Å²) in [7, 11) is 2.01. The Hall–Kier alpha value is -0.960. The minimum atomic E-state index is 0.413. The van der Waals surface area contributed by atoms with Crippen LogP contribution in [0, 0.1) is 0 Å². The van der Waals surface area contributed by atoms with Crippen molar-refractivity contribution in [3.8, 4) is 0 Å². The van der Waals surface area contributed by atoms with Crippen LogP contribution in [-0.2, 0) is 6.54 Å². The van der Waals surface area contributed by atoms with Gasteiger partial charge in [-0.2, -0.15) is 0 Å². The lowest BCUT2D eigenvalue weighted by Crippen LogP contribution is -2.15. The molecule has 1 aromatic heterocycles. The molecule has 0 bridgehead atoms. The second kappa shape index (κ2) is 7.16. The molecule has 1 N–H and O–H groups in total. The number of nitrogens with zero attached hydrogens (tertiary/aromatic N) is 1. The van der Waals surface area contributed by atoms with Crippen molar-refractivity contribution in [3.63, 3.8) is 0 Å². The van der Waals surface area contributed by atoms with Crippen LogP contribution in [0.2, 0.25) is 10.0 Å². The normalized spacial score (nSPS) is 12.6. The van der Waals surface area contributed by atoms with Crippen molar-refractivity contribution in [2.75, 3.05) is 7.05 Å². The second-order valence-electron chi connectivity index (χ2n) is 4.96. The predicted octanol–water partition coefficient (Wildman–Crippen LogP) is 4.90. The highest BCUT2D eigenvalue weighted by Crippen LogP contribution is 2.26. The summed E-state index contributed by atoms with van der Waals surface area (Å²) < 4.78 is 2.15. The van der Waals surface area contributed by atoms with Crippen LogP contribution in [0.15, 0.2) is 36.7 Å². The first-order valence-electron chi connectivity index (χ1n) is 6.91. The molecule has 0 amide bonds. The van der Waals surface area contributed by atoms with Crippen molar-refractivity contribution in [2.24, 2.45) is 0 Å². The zero-order chi connectivity index (χ0) is 14.5. The van der Waals surface area contributed by atoms with Crippen molar-refractivity contribution in [1.82, 2.24) is 9.88 Å². The van der Waals surface area contributed by atoms with E-state index in [-0.39, 0.29) is 0 Å². The summed E-state index contributed by atoms with van der Waals surface area (Å²) in [4.78, 5) is 0. The first-order valence-corrected chi connectivity index (χ1v) is 7.67. The van der Waals surface area contributed by atoms with Crippen LogP contribution in [0.4, 0.5) is 0 Å². The van der Waals surface area contributed by atoms with Crippen LogP contribution in [0.3, 0.4) is 0 Å². The molecule has 0 aliphatic heterocycles. The highest BCUT2D eigenvalue weighted by Gasteiger charge is 2.10. The molecule has 2 aromatic rings. The number of halogens is 2. The zero-order valence-corrected chi connectivity index (χ0v) is 13.4. The van der Waals surface area contributed by atoms with Crippen LogP contribution >= 0.6 is 23.2 Å². The van der Waals surface area contributed by atoms with E-state index in [0.29, 0.717) is 16.1 Å². The summed E-state index contributed by atoms with van der Waals surface area (Å²) in [5.74, 6) is 0. The van der Waals surface area contributed by atoms with Gasteiger partial charge < -0.3 is 9.88 Å². The van der Waals surface area contributed by atoms with Crippen molar-refractivity contribution in [2.45, 2.75) is 32.4 Å². The van der Waals surface area contributed by atoms with Gasteiger partial charge in [0.25, 0.3) is 0 Å². The molecule has 1 atom stereocenters. The lowest BCUT2D eigenvalue weighted by molar-refractivity contribution is 0.540. The van der Waals surface area contributed by atoms with E-state index in [4.69, 9.17) is 23.2 Å². The molecule has 4 heteroatoms. The molecule has 0 radical (unpaired) electrons. The molecule has 20 heavy (non-hydrogen) atoms. The molecular formula is C16H20Cl2N2. The van der Waals surface area contributed by atoms with Gasteiger partial charge in [-0.05, 0) is 36.7 Å². The summed E-state index contributed by atoms with van der Waals surface area (Å²) in [6.07, 6.45) is 6.57. The summed E-state index contributed by atoms with van der Waals surface area (Å²) >= 11 is 12.3. The Morgan fingerprint density at radius 3 is 2.75 bits per heavy atom. The van der Waals surface area contributed by atoms with Crippen LogP contribution < -0.4 is 5.32 Å². The Balaban J connectivity index is 2.15. The highest BCUT2D eigenvalue weighted by molar-refractivity contribution is 6.42. The fourth-order valence-electron chi connectivity index (χ4n) is 2.40. The molecule has 1 aromatic carbocycles. The summed E-state index contributed by atoms with van der Waals surface area (Å²) in [6.45, 7) is 2.94. The molecule has 0 spiro atoms. The molecule has 2 rings (SSSR count). The number of nitrogens with one attached hydrogen (secondary N) is 1. The fraction of sp³-hybridized carbons (Fsp3) is 0.375. The molecule has 0 aliphatic carbocycles. The Morgan fingerprint density at radius 2 is 2.05 bits per heavy atom. The number of hydrogen-bond donors (Lipinski definition) is 1. The van der Waals surface area contributed by atoms with E-state index >= 15 is 0 Å². The van der Waals surface area contributed by atoms with Gasteiger partial charge in [-0.1, -0.05) is 48.7 Å². The molecule has 1 unspecified atom stereocenters. The minimum absolute atomic E-state index is 0.413. The first-order chi connectivity index (χ1) is 9.65. The molecule has 0 aliphatic rings. The van der Waals surface area contributed by atoms with Gasteiger partial charge >= 0.3 is 0 Å². The summed E-state index contributed by atoms with van der Waals surface area (Å²) in [6, 6.07) is 8.33. The Bertz CT molecular complexity index is 563. The Labute approximate surface area is 130 Å². The minimum Gasteiger partial charge on any atom is -0.350 e. The van der Waals surface area contributed by atoms with Crippen LogP contribution in [0.5, 0.6) is 0 Å². The first kappa shape index (κ1) is 15.4. The quantitative estimate of drug-likeness (QED) is 0.802. The van der Waals surface area contributed by atoms with Crippen LogP contribution in [-0.4, -0.2) is 11.6 Å². The Morgan fingerprint density at radius 1 is 1.25 bits per heavy atom. The SMILES string of the molecule is CCCC(NC)c1ccn(Cc2cccc(Cl)c2Cl)c1. The van der Waals surface area contributed by atoms with Gasteiger partial charge in [-0.3, -0.25) is 0 Å². The average molecular weight is 311 g/mol. The van der Waals surface area contributed by atoms with Gasteiger partial charge in [0.05, 0.1) is 10.0 Å². The maximum Gasteiger partial charge on any atom is 0.0642 e. The van der Waals surface area contributed by atoms with Gasteiger partial charge in [-0.15, -0.1) is 0 Å². The van der Waals surface area contributed by atoms with Gasteiger partial charge in [0, 0.05) is 25.0 Å². The maximum absolute atomic E-state index is 6.23. The monoisotopic (exact) mass is 310 g/mol. The van der Waals surface area contributed by atoms with Crippen LogP contribution in [0.25, 0.3) is 0 Å². The molecular weight excluding hydrogens is 291 g/mol. The van der Waals surface area contributed by atoms with Gasteiger partial charge in [0.1, 0.15) is 0 Å². The maximum atomic E-state index is 6.23. The van der Waals surface area contributed by atoms with E-state index < -0.39 is 0 Å². The predicted molar refractivity (Wildman–Crippen MR) is 86.7 cm³/mol. The summed E-state index contributed by atoms with van der Waals surface area (Å²) in [5, 5.41) is 4.61. The molecule has 0 fully saturated rings. The van der Waals surface area contributed by atoms with Crippen molar-refractivity contribution in [3.05, 3.63) is 57.8 Å².